The van der Waals surface area contributed by atoms with Crippen LogP contribution in [0, 0.1) is 6.92 Å². The molecule has 5 nitrogen and oxygen atoms in total. The van der Waals surface area contributed by atoms with E-state index in [0.29, 0.717) is 11.7 Å². The first-order chi connectivity index (χ1) is 9.75. The molecule has 3 rings (SSSR count). The molecular weight excluding hydrogens is 274 g/mol. The van der Waals surface area contributed by atoms with Crippen molar-refractivity contribution in [2.75, 3.05) is 6.54 Å². The van der Waals surface area contributed by atoms with E-state index in [9.17, 15) is 4.79 Å². The number of carbonyl (C=O) groups is 1. The number of aromatic nitrogens is 2. The molecule has 1 atom stereocenters. The third kappa shape index (κ3) is 2.60. The Bertz CT molecular complexity index is 579. The van der Waals surface area contributed by atoms with Gasteiger partial charge in [0.1, 0.15) is 6.04 Å². The van der Waals surface area contributed by atoms with Crippen LogP contribution in [0.2, 0.25) is 0 Å². The van der Waals surface area contributed by atoms with Gasteiger partial charge in [0, 0.05) is 6.54 Å². The average Bonchev–Trinajstić information content (AvgIpc) is 3.05. The molecular formula is C14H17N3O2S. The summed E-state index contributed by atoms with van der Waals surface area (Å²) in [5, 5.41) is 5.78. The first-order valence-electron chi connectivity index (χ1n) is 6.90. The summed E-state index contributed by atoms with van der Waals surface area (Å²) >= 11 is 1.48. The first kappa shape index (κ1) is 13.3. The number of aryl methyl sites for hydroxylation is 1. The van der Waals surface area contributed by atoms with Crippen LogP contribution >= 0.6 is 11.3 Å². The number of rotatable bonds is 2. The Kier molecular flexibility index (Phi) is 3.82. The second kappa shape index (κ2) is 5.75. The largest absolute Gasteiger partial charge is 0.337 e. The first-order valence-corrected chi connectivity index (χ1v) is 7.78. The second-order valence-electron chi connectivity index (χ2n) is 5.02. The third-order valence-corrected chi connectivity index (χ3v) is 4.43. The Labute approximate surface area is 121 Å². The van der Waals surface area contributed by atoms with E-state index in [1.54, 1.807) is 6.92 Å². The highest BCUT2D eigenvalue weighted by Crippen LogP contribution is 2.31. The third-order valence-electron chi connectivity index (χ3n) is 3.57. The maximum atomic E-state index is 12.7. The molecule has 3 heterocycles. The van der Waals surface area contributed by atoms with Gasteiger partial charge in [0.2, 0.25) is 5.89 Å². The van der Waals surface area contributed by atoms with Gasteiger partial charge in [-0.05, 0) is 31.2 Å². The van der Waals surface area contributed by atoms with Gasteiger partial charge in [0.15, 0.2) is 5.82 Å². The van der Waals surface area contributed by atoms with Crippen LogP contribution in [0.4, 0.5) is 0 Å². The number of likely N-dealkylation sites (tertiary alicyclic amines) is 1. The number of thiophene rings is 1. The fourth-order valence-corrected chi connectivity index (χ4v) is 3.28. The monoisotopic (exact) mass is 291 g/mol. The van der Waals surface area contributed by atoms with Crippen LogP contribution in [0.1, 0.15) is 53.1 Å². The van der Waals surface area contributed by atoms with Crippen LogP contribution < -0.4 is 0 Å². The van der Waals surface area contributed by atoms with Crippen molar-refractivity contribution in [1.82, 2.24) is 15.0 Å². The van der Waals surface area contributed by atoms with Gasteiger partial charge in [-0.1, -0.05) is 24.1 Å². The highest BCUT2D eigenvalue weighted by atomic mass is 32.1. The summed E-state index contributed by atoms with van der Waals surface area (Å²) in [7, 11) is 0. The van der Waals surface area contributed by atoms with E-state index in [1.165, 1.54) is 11.3 Å². The van der Waals surface area contributed by atoms with Crippen LogP contribution in [-0.2, 0) is 0 Å². The number of hydrogen-bond donors (Lipinski definition) is 0. The van der Waals surface area contributed by atoms with E-state index < -0.39 is 0 Å². The molecule has 0 aliphatic carbocycles. The Morgan fingerprint density at radius 2 is 2.35 bits per heavy atom. The van der Waals surface area contributed by atoms with Gasteiger partial charge in [-0.15, -0.1) is 11.3 Å². The normalized spacial score (nSPS) is 19.9. The minimum atomic E-state index is -0.0895. The zero-order valence-electron chi connectivity index (χ0n) is 11.4. The highest BCUT2D eigenvalue weighted by molar-refractivity contribution is 7.12. The molecule has 0 radical (unpaired) electrons. The van der Waals surface area contributed by atoms with Crippen LogP contribution in [-0.4, -0.2) is 27.5 Å². The Balaban J connectivity index is 1.89. The summed E-state index contributed by atoms with van der Waals surface area (Å²) in [4.78, 5) is 19.6. The lowest BCUT2D eigenvalue weighted by Crippen LogP contribution is -2.34. The van der Waals surface area contributed by atoms with E-state index in [0.717, 1.165) is 37.1 Å². The van der Waals surface area contributed by atoms with Gasteiger partial charge in [-0.25, -0.2) is 0 Å². The molecule has 1 fully saturated rings. The van der Waals surface area contributed by atoms with Gasteiger partial charge < -0.3 is 9.42 Å². The average molecular weight is 291 g/mol. The molecule has 0 aromatic carbocycles. The predicted octanol–water partition coefficient (Wildman–Crippen LogP) is 3.20. The lowest BCUT2D eigenvalue weighted by molar-refractivity contribution is 0.0649. The summed E-state index contributed by atoms with van der Waals surface area (Å²) < 4.78 is 5.31. The molecule has 0 bridgehead atoms. The quantitative estimate of drug-likeness (QED) is 0.852. The minimum Gasteiger partial charge on any atom is -0.337 e. The lowest BCUT2D eigenvalue weighted by Gasteiger charge is -2.26. The van der Waals surface area contributed by atoms with Crippen molar-refractivity contribution in [3.8, 4) is 0 Å². The number of amides is 1. The van der Waals surface area contributed by atoms with E-state index in [4.69, 9.17) is 4.52 Å². The van der Waals surface area contributed by atoms with Crippen LogP contribution in [0.3, 0.4) is 0 Å². The van der Waals surface area contributed by atoms with E-state index >= 15 is 0 Å². The molecule has 0 saturated carbocycles. The molecule has 1 amide bonds. The summed E-state index contributed by atoms with van der Waals surface area (Å²) in [6.07, 6.45) is 4.14. The highest BCUT2D eigenvalue weighted by Gasteiger charge is 2.31. The maximum Gasteiger partial charge on any atom is 0.264 e. The Morgan fingerprint density at radius 3 is 3.05 bits per heavy atom. The van der Waals surface area contributed by atoms with Gasteiger partial charge in [0.25, 0.3) is 5.91 Å². The summed E-state index contributed by atoms with van der Waals surface area (Å²) in [5.41, 5.74) is 0. The molecule has 2 aromatic heterocycles. The van der Waals surface area contributed by atoms with Crippen molar-refractivity contribution < 1.29 is 9.32 Å². The molecule has 0 spiro atoms. The van der Waals surface area contributed by atoms with E-state index in [1.807, 2.05) is 22.4 Å². The summed E-state index contributed by atoms with van der Waals surface area (Å²) in [6, 6.07) is 3.68. The molecule has 1 saturated heterocycles. The number of carbonyl (C=O) groups excluding carboxylic acids is 1. The zero-order valence-corrected chi connectivity index (χ0v) is 12.2. The van der Waals surface area contributed by atoms with E-state index in [-0.39, 0.29) is 11.9 Å². The maximum absolute atomic E-state index is 12.7. The van der Waals surface area contributed by atoms with Crippen molar-refractivity contribution in [1.29, 1.82) is 0 Å². The molecule has 6 heteroatoms. The molecule has 1 aliphatic heterocycles. The molecule has 106 valence electrons. The van der Waals surface area contributed by atoms with Crippen molar-refractivity contribution >= 4 is 17.2 Å². The molecule has 1 unspecified atom stereocenters. The fraction of sp³-hybridized carbons (Fsp3) is 0.500. The summed E-state index contributed by atoms with van der Waals surface area (Å²) in [6.45, 7) is 2.55. The minimum absolute atomic E-state index is 0.0720. The second-order valence-corrected chi connectivity index (χ2v) is 5.97. The van der Waals surface area contributed by atoms with Crippen LogP contribution in [0.5, 0.6) is 0 Å². The summed E-state index contributed by atoms with van der Waals surface area (Å²) in [5.74, 6) is 1.25. The van der Waals surface area contributed by atoms with Gasteiger partial charge >= 0.3 is 0 Å². The number of hydrogen-bond acceptors (Lipinski definition) is 5. The predicted molar refractivity (Wildman–Crippen MR) is 75.6 cm³/mol. The number of nitrogens with zero attached hydrogens (tertiary/aromatic N) is 3. The SMILES string of the molecule is Cc1noc(C2CCCCCN2C(=O)c2cccs2)n1. The molecule has 20 heavy (non-hydrogen) atoms. The topological polar surface area (TPSA) is 59.2 Å². The van der Waals surface area contributed by atoms with Gasteiger partial charge in [0.05, 0.1) is 4.88 Å². The molecule has 0 N–H and O–H groups in total. The van der Waals surface area contributed by atoms with Gasteiger partial charge in [-0.3, -0.25) is 4.79 Å². The zero-order chi connectivity index (χ0) is 13.9. The lowest BCUT2D eigenvalue weighted by atomic mass is 10.1. The van der Waals surface area contributed by atoms with Crippen LogP contribution in [0.25, 0.3) is 0 Å². The van der Waals surface area contributed by atoms with Crippen molar-refractivity contribution in [3.63, 3.8) is 0 Å². The Morgan fingerprint density at radius 1 is 1.45 bits per heavy atom. The molecule has 2 aromatic rings. The van der Waals surface area contributed by atoms with Crippen molar-refractivity contribution in [3.05, 3.63) is 34.1 Å². The van der Waals surface area contributed by atoms with Crippen molar-refractivity contribution in [2.24, 2.45) is 0 Å². The van der Waals surface area contributed by atoms with Crippen molar-refractivity contribution in [2.45, 2.75) is 38.6 Å². The van der Waals surface area contributed by atoms with Crippen LogP contribution in [0.15, 0.2) is 22.0 Å². The smallest absolute Gasteiger partial charge is 0.264 e. The fourth-order valence-electron chi connectivity index (χ4n) is 2.60. The Hall–Kier alpha value is -1.69. The standard InChI is InChI=1S/C14H17N3O2S/c1-10-15-13(19-16-10)11-6-3-2-4-8-17(11)14(18)12-7-5-9-20-12/h5,7,9,11H,2-4,6,8H2,1H3. The van der Waals surface area contributed by atoms with E-state index in [2.05, 4.69) is 10.1 Å². The molecule has 1 aliphatic rings. The van der Waals surface area contributed by atoms with Gasteiger partial charge in [-0.2, -0.15) is 4.98 Å².